The summed E-state index contributed by atoms with van der Waals surface area (Å²) in [6.07, 6.45) is 0. The Morgan fingerprint density at radius 3 is 2.71 bits per heavy atom. The van der Waals surface area contributed by atoms with Gasteiger partial charge < -0.3 is 10.5 Å². The highest BCUT2D eigenvalue weighted by atomic mass is 79.9. The number of ether oxygens (including phenoxy) is 1. The third-order valence-corrected chi connectivity index (χ3v) is 3.06. The summed E-state index contributed by atoms with van der Waals surface area (Å²) in [7, 11) is 1.56. The molecule has 17 heavy (non-hydrogen) atoms. The molecule has 0 saturated heterocycles. The van der Waals surface area contributed by atoms with Crippen molar-refractivity contribution in [2.45, 2.75) is 6.92 Å². The molecule has 0 bridgehead atoms. The lowest BCUT2D eigenvalue weighted by Gasteiger charge is -2.09. The summed E-state index contributed by atoms with van der Waals surface area (Å²) in [5.41, 5.74) is 9.37. The van der Waals surface area contributed by atoms with Crippen molar-refractivity contribution in [3.63, 3.8) is 0 Å². The van der Waals surface area contributed by atoms with E-state index in [2.05, 4.69) is 27.0 Å². The van der Waals surface area contributed by atoms with Gasteiger partial charge in [0.15, 0.2) is 0 Å². The zero-order valence-corrected chi connectivity index (χ0v) is 11.3. The first kappa shape index (κ1) is 11.9. The van der Waals surface area contributed by atoms with Crippen LogP contribution in [0.4, 0.5) is 5.69 Å². The summed E-state index contributed by atoms with van der Waals surface area (Å²) in [4.78, 5) is 4.41. The number of hydrogen-bond donors (Lipinski definition) is 1. The van der Waals surface area contributed by atoms with E-state index in [1.807, 2.05) is 31.2 Å². The third-order valence-electron chi connectivity index (χ3n) is 2.45. The highest BCUT2D eigenvalue weighted by Gasteiger charge is 2.10. The first-order valence-corrected chi connectivity index (χ1v) is 5.98. The Hall–Kier alpha value is -1.55. The van der Waals surface area contributed by atoms with E-state index in [9.17, 15) is 0 Å². The van der Waals surface area contributed by atoms with Crippen molar-refractivity contribution in [2.24, 2.45) is 0 Å². The summed E-state index contributed by atoms with van der Waals surface area (Å²) < 4.78 is 6.00. The van der Waals surface area contributed by atoms with Crippen LogP contribution >= 0.6 is 15.9 Å². The van der Waals surface area contributed by atoms with Crippen LogP contribution in [0.5, 0.6) is 5.88 Å². The standard InChI is InChI=1S/C13H13BrN2O/c1-8-4-3-5-9(6-8)12-10(14)7-11(15)13(16-12)17-2/h3-7H,15H2,1-2H3. The molecule has 0 unspecified atom stereocenters. The molecule has 1 aromatic carbocycles. The molecule has 0 aliphatic carbocycles. The molecule has 0 spiro atoms. The second-order valence-corrected chi connectivity index (χ2v) is 4.64. The number of methoxy groups -OCH3 is 1. The van der Waals surface area contributed by atoms with Crippen LogP contribution in [0.1, 0.15) is 5.56 Å². The molecule has 88 valence electrons. The maximum Gasteiger partial charge on any atom is 0.237 e. The summed E-state index contributed by atoms with van der Waals surface area (Å²) in [5.74, 6) is 0.449. The lowest BCUT2D eigenvalue weighted by molar-refractivity contribution is 0.400. The van der Waals surface area contributed by atoms with Gasteiger partial charge >= 0.3 is 0 Å². The van der Waals surface area contributed by atoms with Gasteiger partial charge in [-0.15, -0.1) is 0 Å². The Morgan fingerprint density at radius 2 is 2.06 bits per heavy atom. The lowest BCUT2D eigenvalue weighted by Crippen LogP contribution is -1.97. The van der Waals surface area contributed by atoms with Gasteiger partial charge in [-0.1, -0.05) is 23.8 Å². The minimum absolute atomic E-state index is 0.449. The van der Waals surface area contributed by atoms with Crippen LogP contribution in [0.15, 0.2) is 34.8 Å². The molecule has 0 amide bonds. The van der Waals surface area contributed by atoms with E-state index in [1.165, 1.54) is 5.56 Å². The molecule has 0 aliphatic heterocycles. The second-order valence-electron chi connectivity index (χ2n) is 3.79. The van der Waals surface area contributed by atoms with Gasteiger partial charge in [-0.3, -0.25) is 0 Å². The Bertz CT molecular complexity index is 555. The van der Waals surface area contributed by atoms with Crippen molar-refractivity contribution in [1.82, 2.24) is 4.98 Å². The molecule has 0 fully saturated rings. The van der Waals surface area contributed by atoms with Crippen molar-refractivity contribution in [1.29, 1.82) is 0 Å². The number of aryl methyl sites for hydroxylation is 1. The van der Waals surface area contributed by atoms with Gasteiger partial charge in [0, 0.05) is 10.0 Å². The minimum atomic E-state index is 0.449. The Balaban J connectivity index is 2.59. The largest absolute Gasteiger partial charge is 0.480 e. The van der Waals surface area contributed by atoms with E-state index >= 15 is 0 Å². The van der Waals surface area contributed by atoms with Gasteiger partial charge in [0.05, 0.1) is 18.5 Å². The van der Waals surface area contributed by atoms with E-state index in [-0.39, 0.29) is 0 Å². The maximum absolute atomic E-state index is 5.79. The average molecular weight is 293 g/mol. The minimum Gasteiger partial charge on any atom is -0.480 e. The number of nitrogens with two attached hydrogens (primary N) is 1. The number of aromatic nitrogens is 1. The Kier molecular flexibility index (Phi) is 3.33. The van der Waals surface area contributed by atoms with Gasteiger partial charge in [0.1, 0.15) is 0 Å². The van der Waals surface area contributed by atoms with Crippen LogP contribution in [0.25, 0.3) is 11.3 Å². The van der Waals surface area contributed by atoms with Gasteiger partial charge in [-0.2, -0.15) is 0 Å². The van der Waals surface area contributed by atoms with Crippen molar-refractivity contribution in [3.05, 3.63) is 40.4 Å². The molecule has 2 rings (SSSR count). The van der Waals surface area contributed by atoms with E-state index < -0.39 is 0 Å². The fourth-order valence-corrected chi connectivity index (χ4v) is 2.21. The molecule has 3 nitrogen and oxygen atoms in total. The highest BCUT2D eigenvalue weighted by molar-refractivity contribution is 9.10. The molecule has 1 aromatic heterocycles. The van der Waals surface area contributed by atoms with E-state index in [0.29, 0.717) is 11.6 Å². The monoisotopic (exact) mass is 292 g/mol. The van der Waals surface area contributed by atoms with Gasteiger partial charge in [0.2, 0.25) is 5.88 Å². The van der Waals surface area contributed by atoms with E-state index in [4.69, 9.17) is 10.5 Å². The summed E-state index contributed by atoms with van der Waals surface area (Å²) in [6, 6.07) is 9.94. The van der Waals surface area contributed by atoms with Gasteiger partial charge in [-0.05, 0) is 35.0 Å². The molecule has 1 heterocycles. The Morgan fingerprint density at radius 1 is 1.29 bits per heavy atom. The van der Waals surface area contributed by atoms with Crippen molar-refractivity contribution in [2.75, 3.05) is 12.8 Å². The fraction of sp³-hybridized carbons (Fsp3) is 0.154. The first-order chi connectivity index (χ1) is 8.11. The molecular formula is C13H13BrN2O. The summed E-state index contributed by atoms with van der Waals surface area (Å²) >= 11 is 3.47. The number of halogens is 1. The molecule has 2 N–H and O–H groups in total. The fourth-order valence-electron chi connectivity index (χ4n) is 1.64. The van der Waals surface area contributed by atoms with Gasteiger partial charge in [-0.25, -0.2) is 4.98 Å². The van der Waals surface area contributed by atoms with Crippen LogP contribution in [0, 0.1) is 6.92 Å². The maximum atomic E-state index is 5.79. The SMILES string of the molecule is COc1nc(-c2cccc(C)c2)c(Br)cc1N. The second kappa shape index (κ2) is 4.75. The molecule has 0 radical (unpaired) electrons. The topological polar surface area (TPSA) is 48.1 Å². The quantitative estimate of drug-likeness (QED) is 0.923. The van der Waals surface area contributed by atoms with E-state index in [1.54, 1.807) is 7.11 Å². The zero-order valence-electron chi connectivity index (χ0n) is 9.70. The number of pyridine rings is 1. The molecule has 0 atom stereocenters. The number of anilines is 1. The van der Waals surface area contributed by atoms with Crippen LogP contribution < -0.4 is 10.5 Å². The van der Waals surface area contributed by atoms with Crippen molar-refractivity contribution in [3.8, 4) is 17.1 Å². The molecule has 2 aromatic rings. The molecule has 0 aliphatic rings. The molecule has 4 heteroatoms. The van der Waals surface area contributed by atoms with Crippen LogP contribution in [0.3, 0.4) is 0 Å². The Labute approximate surface area is 109 Å². The van der Waals surface area contributed by atoms with Crippen molar-refractivity contribution < 1.29 is 4.74 Å². The van der Waals surface area contributed by atoms with Crippen LogP contribution in [-0.2, 0) is 0 Å². The summed E-state index contributed by atoms with van der Waals surface area (Å²) in [6.45, 7) is 2.05. The van der Waals surface area contributed by atoms with E-state index in [0.717, 1.165) is 15.7 Å². The first-order valence-electron chi connectivity index (χ1n) is 5.19. The predicted octanol–water partition coefficient (Wildman–Crippen LogP) is 3.41. The number of hydrogen-bond acceptors (Lipinski definition) is 3. The number of rotatable bonds is 2. The normalized spacial score (nSPS) is 10.3. The highest BCUT2D eigenvalue weighted by Crippen LogP contribution is 2.32. The number of nitrogens with zero attached hydrogens (tertiary/aromatic N) is 1. The van der Waals surface area contributed by atoms with Crippen LogP contribution in [0.2, 0.25) is 0 Å². The molecular weight excluding hydrogens is 280 g/mol. The smallest absolute Gasteiger partial charge is 0.237 e. The number of nitrogen functional groups attached to an aromatic ring is 1. The van der Waals surface area contributed by atoms with Gasteiger partial charge in [0.25, 0.3) is 0 Å². The number of benzene rings is 1. The van der Waals surface area contributed by atoms with Crippen molar-refractivity contribution >= 4 is 21.6 Å². The average Bonchev–Trinajstić information content (AvgIpc) is 2.29. The van der Waals surface area contributed by atoms with Crippen LogP contribution in [-0.4, -0.2) is 12.1 Å². The predicted molar refractivity (Wildman–Crippen MR) is 73.1 cm³/mol. The molecule has 0 saturated carbocycles. The third kappa shape index (κ3) is 2.42. The lowest BCUT2D eigenvalue weighted by atomic mass is 10.1. The summed E-state index contributed by atoms with van der Waals surface area (Å²) in [5, 5.41) is 0. The zero-order chi connectivity index (χ0) is 12.4.